The molecule has 0 saturated carbocycles. The molecule has 3 N–H and O–H groups in total. The molecular weight excluding hydrogens is 258 g/mol. The predicted octanol–water partition coefficient (Wildman–Crippen LogP) is 0.348. The van der Waals surface area contributed by atoms with E-state index in [1.54, 1.807) is 4.57 Å². The molecular formula is C10H17N3O4S. The number of aliphatic carboxylic acids is 1. The highest BCUT2D eigenvalue weighted by molar-refractivity contribution is 7.89. The van der Waals surface area contributed by atoms with Gasteiger partial charge in [-0.05, 0) is 12.8 Å². The first kappa shape index (κ1) is 14.7. The van der Waals surface area contributed by atoms with Crippen molar-refractivity contribution in [1.82, 2.24) is 9.55 Å². The lowest BCUT2D eigenvalue weighted by Crippen LogP contribution is -2.12. The normalized spacial score (nSPS) is 11.7. The monoisotopic (exact) mass is 275 g/mol. The second-order valence-electron chi connectivity index (χ2n) is 3.94. The zero-order valence-electron chi connectivity index (χ0n) is 10.2. The zero-order valence-corrected chi connectivity index (χ0v) is 11.0. The summed E-state index contributed by atoms with van der Waals surface area (Å²) in [4.78, 5) is 14.3. The lowest BCUT2D eigenvalue weighted by Gasteiger charge is -2.04. The van der Waals surface area contributed by atoms with E-state index in [1.807, 2.05) is 6.92 Å². The minimum Gasteiger partial charge on any atom is -0.481 e. The first-order valence-corrected chi connectivity index (χ1v) is 7.20. The molecule has 0 aliphatic heterocycles. The summed E-state index contributed by atoms with van der Waals surface area (Å²) >= 11 is 0. The maximum Gasteiger partial charge on any atom is 0.303 e. The molecule has 102 valence electrons. The van der Waals surface area contributed by atoms with Crippen LogP contribution in [0.2, 0.25) is 0 Å². The Kier molecular flexibility index (Phi) is 4.85. The summed E-state index contributed by atoms with van der Waals surface area (Å²) in [5.41, 5.74) is 0. The lowest BCUT2D eigenvalue weighted by molar-refractivity contribution is -0.137. The summed E-state index contributed by atoms with van der Waals surface area (Å²) in [6.07, 6.45) is 3.29. The number of hydrogen-bond acceptors (Lipinski definition) is 4. The van der Waals surface area contributed by atoms with Crippen LogP contribution in [0.1, 0.15) is 32.0 Å². The van der Waals surface area contributed by atoms with Crippen LogP contribution in [0, 0.1) is 0 Å². The second-order valence-corrected chi connectivity index (χ2v) is 5.45. The molecule has 0 bridgehead atoms. The number of hydrogen-bond donors (Lipinski definition) is 2. The van der Waals surface area contributed by atoms with Gasteiger partial charge in [-0.15, -0.1) is 0 Å². The van der Waals surface area contributed by atoms with Crippen LogP contribution in [0.5, 0.6) is 0 Å². The molecule has 0 fully saturated rings. The molecule has 0 aliphatic carbocycles. The molecule has 0 aliphatic rings. The summed E-state index contributed by atoms with van der Waals surface area (Å²) in [5.74, 6) is -0.198. The number of carbonyl (C=O) groups is 1. The molecule has 0 radical (unpaired) electrons. The summed E-state index contributed by atoms with van der Waals surface area (Å²) in [6, 6.07) is 0. The topological polar surface area (TPSA) is 115 Å². The summed E-state index contributed by atoms with van der Waals surface area (Å²) in [7, 11) is -3.78. The number of primary sulfonamides is 1. The van der Waals surface area contributed by atoms with E-state index in [0.717, 1.165) is 0 Å². The van der Waals surface area contributed by atoms with Crippen LogP contribution in [0.3, 0.4) is 0 Å². The lowest BCUT2D eigenvalue weighted by atomic mass is 10.2. The van der Waals surface area contributed by atoms with E-state index in [1.165, 1.54) is 6.20 Å². The summed E-state index contributed by atoms with van der Waals surface area (Å²) in [5, 5.41) is 13.4. The van der Waals surface area contributed by atoms with Gasteiger partial charge in [0.1, 0.15) is 5.82 Å². The smallest absolute Gasteiger partial charge is 0.303 e. The van der Waals surface area contributed by atoms with Crippen molar-refractivity contribution in [3.63, 3.8) is 0 Å². The van der Waals surface area contributed by atoms with Crippen LogP contribution in [0.4, 0.5) is 0 Å². The maximum atomic E-state index is 11.2. The quantitative estimate of drug-likeness (QED) is 0.696. The maximum absolute atomic E-state index is 11.2. The number of nitrogens with two attached hydrogens (primary N) is 1. The fraction of sp³-hybridized carbons (Fsp3) is 0.600. The van der Waals surface area contributed by atoms with Gasteiger partial charge in [0.15, 0.2) is 5.03 Å². The molecule has 18 heavy (non-hydrogen) atoms. The number of sulfonamides is 1. The molecule has 8 heteroatoms. The Hall–Kier alpha value is -1.41. The number of rotatable bonds is 7. The standard InChI is InChI=1S/C10H17N3O4S/c1-2-8-12-9(18(11,16)17)7-13(8)6-4-3-5-10(14)15/h7H,2-6H2,1H3,(H,14,15)(H2,11,16,17). The van der Waals surface area contributed by atoms with Crippen LogP contribution < -0.4 is 5.14 Å². The highest BCUT2D eigenvalue weighted by atomic mass is 32.2. The van der Waals surface area contributed by atoms with E-state index in [2.05, 4.69) is 4.98 Å². The van der Waals surface area contributed by atoms with Crippen LogP contribution in [-0.2, 0) is 27.8 Å². The molecule has 0 spiro atoms. The molecule has 7 nitrogen and oxygen atoms in total. The van der Waals surface area contributed by atoms with Crippen molar-refractivity contribution in [2.75, 3.05) is 0 Å². The Morgan fingerprint density at radius 2 is 2.17 bits per heavy atom. The highest BCUT2D eigenvalue weighted by Gasteiger charge is 2.15. The van der Waals surface area contributed by atoms with Gasteiger partial charge < -0.3 is 9.67 Å². The molecule has 1 aromatic heterocycles. The van der Waals surface area contributed by atoms with Gasteiger partial charge in [-0.2, -0.15) is 0 Å². The van der Waals surface area contributed by atoms with Crippen LogP contribution in [0.15, 0.2) is 11.2 Å². The molecule has 0 unspecified atom stereocenters. The summed E-state index contributed by atoms with van der Waals surface area (Å²) in [6.45, 7) is 2.40. The van der Waals surface area contributed by atoms with Crippen LogP contribution in [-0.4, -0.2) is 29.0 Å². The van der Waals surface area contributed by atoms with Crippen molar-refractivity contribution in [2.24, 2.45) is 5.14 Å². The van der Waals surface area contributed by atoms with Crippen molar-refractivity contribution in [3.05, 3.63) is 12.0 Å². The Morgan fingerprint density at radius 3 is 2.67 bits per heavy atom. The van der Waals surface area contributed by atoms with Crippen molar-refractivity contribution in [1.29, 1.82) is 0 Å². The molecule has 0 atom stereocenters. The van der Waals surface area contributed by atoms with Gasteiger partial charge in [0.25, 0.3) is 10.0 Å². The van der Waals surface area contributed by atoms with Crippen molar-refractivity contribution >= 4 is 16.0 Å². The van der Waals surface area contributed by atoms with Crippen LogP contribution >= 0.6 is 0 Å². The minimum atomic E-state index is -3.78. The minimum absolute atomic E-state index is 0.109. The number of carboxylic acid groups (broad SMARTS) is 1. The van der Waals surface area contributed by atoms with E-state index >= 15 is 0 Å². The Bertz CT molecular complexity index is 521. The number of aryl methyl sites for hydroxylation is 2. The number of aromatic nitrogens is 2. The van der Waals surface area contributed by atoms with Crippen molar-refractivity contribution in [3.8, 4) is 0 Å². The summed E-state index contributed by atoms with van der Waals surface area (Å²) < 4.78 is 24.0. The van der Waals surface area contributed by atoms with E-state index < -0.39 is 16.0 Å². The third-order valence-corrected chi connectivity index (χ3v) is 3.26. The average Bonchev–Trinajstić information content (AvgIpc) is 2.67. The molecule has 1 rings (SSSR count). The zero-order chi connectivity index (χ0) is 13.8. The average molecular weight is 275 g/mol. The molecule has 1 aromatic rings. The SMILES string of the molecule is CCc1nc(S(N)(=O)=O)cn1CCCCC(=O)O. The van der Waals surface area contributed by atoms with E-state index in [0.29, 0.717) is 31.6 Å². The molecule has 0 amide bonds. The fourth-order valence-electron chi connectivity index (χ4n) is 1.60. The van der Waals surface area contributed by atoms with Gasteiger partial charge in [-0.25, -0.2) is 18.5 Å². The van der Waals surface area contributed by atoms with Gasteiger partial charge >= 0.3 is 5.97 Å². The number of carboxylic acids is 1. The van der Waals surface area contributed by atoms with Crippen molar-refractivity contribution in [2.45, 2.75) is 44.2 Å². The number of nitrogens with zero attached hydrogens (tertiary/aromatic N) is 2. The van der Waals surface area contributed by atoms with Crippen LogP contribution in [0.25, 0.3) is 0 Å². The fourth-order valence-corrected chi connectivity index (χ4v) is 2.11. The van der Waals surface area contributed by atoms with Crippen molar-refractivity contribution < 1.29 is 18.3 Å². The molecule has 1 heterocycles. The molecule has 0 saturated heterocycles. The number of imidazole rings is 1. The highest BCUT2D eigenvalue weighted by Crippen LogP contribution is 2.10. The molecule has 0 aromatic carbocycles. The third-order valence-electron chi connectivity index (χ3n) is 2.48. The first-order chi connectivity index (χ1) is 8.34. The second kappa shape index (κ2) is 5.96. The Balaban J connectivity index is 2.70. The Labute approximate surface area is 106 Å². The van der Waals surface area contributed by atoms with E-state index in [9.17, 15) is 13.2 Å². The van der Waals surface area contributed by atoms with Gasteiger partial charge in [-0.3, -0.25) is 4.79 Å². The van der Waals surface area contributed by atoms with E-state index in [4.69, 9.17) is 10.2 Å². The Morgan fingerprint density at radius 1 is 1.50 bits per heavy atom. The van der Waals surface area contributed by atoms with Gasteiger partial charge in [0, 0.05) is 25.6 Å². The van der Waals surface area contributed by atoms with Gasteiger partial charge in [0.05, 0.1) is 0 Å². The third kappa shape index (κ3) is 4.11. The van der Waals surface area contributed by atoms with Gasteiger partial charge in [-0.1, -0.05) is 6.92 Å². The largest absolute Gasteiger partial charge is 0.481 e. The number of unbranched alkanes of at least 4 members (excludes halogenated alkanes) is 1. The van der Waals surface area contributed by atoms with E-state index in [-0.39, 0.29) is 11.4 Å². The first-order valence-electron chi connectivity index (χ1n) is 5.65. The predicted molar refractivity (Wildman–Crippen MR) is 64.5 cm³/mol. The van der Waals surface area contributed by atoms with Gasteiger partial charge in [0.2, 0.25) is 0 Å².